The third-order valence-electron chi connectivity index (χ3n) is 3.98. The summed E-state index contributed by atoms with van der Waals surface area (Å²) >= 11 is 7.66. The Kier molecular flexibility index (Phi) is 6.74. The van der Waals surface area contributed by atoms with E-state index in [9.17, 15) is 0 Å². The maximum absolute atomic E-state index is 8.66. The van der Waals surface area contributed by atoms with Crippen molar-refractivity contribution in [1.82, 2.24) is 14.8 Å². The summed E-state index contributed by atoms with van der Waals surface area (Å²) in [6, 6.07) is 17.6. The topological polar surface area (TPSA) is 63.7 Å². The first-order valence-corrected chi connectivity index (χ1v) is 9.95. The van der Waals surface area contributed by atoms with E-state index in [0.29, 0.717) is 11.4 Å². The number of hydrogen-bond acceptors (Lipinski definition) is 5. The van der Waals surface area contributed by atoms with E-state index in [-0.39, 0.29) is 0 Å². The van der Waals surface area contributed by atoms with Crippen molar-refractivity contribution in [2.45, 2.75) is 24.4 Å². The highest BCUT2D eigenvalue weighted by atomic mass is 35.5. The van der Waals surface area contributed by atoms with Crippen molar-refractivity contribution in [3.8, 4) is 28.9 Å². The molecule has 0 radical (unpaired) electrons. The zero-order valence-electron chi connectivity index (χ0n) is 14.9. The molecule has 138 valence electrons. The van der Waals surface area contributed by atoms with Crippen molar-refractivity contribution in [2.75, 3.05) is 12.9 Å². The number of halogens is 1. The molecule has 1 heterocycles. The Labute approximate surface area is 167 Å². The highest BCUT2D eigenvalue weighted by molar-refractivity contribution is 7.99. The first-order valence-electron chi connectivity index (χ1n) is 8.58. The Balaban J connectivity index is 1.93. The summed E-state index contributed by atoms with van der Waals surface area (Å²) in [6.45, 7) is 0. The summed E-state index contributed by atoms with van der Waals surface area (Å²) in [7, 11) is 1.65. The number of aromatic nitrogens is 3. The zero-order valence-corrected chi connectivity index (χ0v) is 16.5. The number of hydrogen-bond donors (Lipinski definition) is 0. The zero-order chi connectivity index (χ0) is 19.1. The van der Waals surface area contributed by atoms with Crippen molar-refractivity contribution in [1.29, 1.82) is 5.26 Å². The molecule has 1 aromatic heterocycles. The SMILES string of the molecule is COc1ccc(-n2c(SCCCCC#N)nnc2-c2ccc(Cl)cc2)cc1. The monoisotopic (exact) mass is 398 g/mol. The molecular formula is C20H19ClN4OS. The predicted octanol–water partition coefficient (Wildman–Crippen LogP) is 5.38. The quantitative estimate of drug-likeness (QED) is 0.376. The van der Waals surface area contributed by atoms with Crippen LogP contribution < -0.4 is 4.74 Å². The molecule has 2 aromatic carbocycles. The van der Waals surface area contributed by atoms with Gasteiger partial charge in [-0.2, -0.15) is 5.26 Å². The number of ether oxygens (including phenoxy) is 1. The van der Waals surface area contributed by atoms with Gasteiger partial charge in [-0.1, -0.05) is 23.4 Å². The van der Waals surface area contributed by atoms with Crippen molar-refractivity contribution < 1.29 is 4.74 Å². The van der Waals surface area contributed by atoms with Gasteiger partial charge in [0.15, 0.2) is 11.0 Å². The van der Waals surface area contributed by atoms with Crippen LogP contribution in [0.4, 0.5) is 0 Å². The van der Waals surface area contributed by atoms with Crippen molar-refractivity contribution in [3.63, 3.8) is 0 Å². The third kappa shape index (κ3) is 4.82. The van der Waals surface area contributed by atoms with E-state index in [4.69, 9.17) is 21.6 Å². The normalized spacial score (nSPS) is 10.6. The first-order chi connectivity index (χ1) is 13.2. The van der Waals surface area contributed by atoms with Crippen LogP contribution in [-0.4, -0.2) is 27.6 Å². The summed E-state index contributed by atoms with van der Waals surface area (Å²) in [6.07, 6.45) is 2.44. The molecule has 0 aliphatic heterocycles. The minimum atomic E-state index is 0.585. The van der Waals surface area contributed by atoms with Gasteiger partial charge in [0, 0.05) is 28.4 Å². The second-order valence-corrected chi connectivity index (χ2v) is 7.31. The summed E-state index contributed by atoms with van der Waals surface area (Å²) < 4.78 is 7.30. The van der Waals surface area contributed by atoms with Gasteiger partial charge in [-0.25, -0.2) is 0 Å². The largest absolute Gasteiger partial charge is 0.497 e. The molecule has 0 aliphatic carbocycles. The molecular weight excluding hydrogens is 380 g/mol. The minimum Gasteiger partial charge on any atom is -0.497 e. The van der Waals surface area contributed by atoms with E-state index in [1.807, 2.05) is 53.1 Å². The van der Waals surface area contributed by atoms with Gasteiger partial charge >= 0.3 is 0 Å². The summed E-state index contributed by atoms with van der Waals surface area (Å²) in [5.41, 5.74) is 1.91. The van der Waals surface area contributed by atoms with Gasteiger partial charge in [-0.3, -0.25) is 4.57 Å². The lowest BCUT2D eigenvalue weighted by molar-refractivity contribution is 0.414. The molecule has 0 bridgehead atoms. The van der Waals surface area contributed by atoms with Crippen LogP contribution in [0.5, 0.6) is 5.75 Å². The highest BCUT2D eigenvalue weighted by Crippen LogP contribution is 2.30. The number of nitriles is 1. The standard InChI is InChI=1S/C20H19ClN4OS/c1-26-18-11-9-17(10-12-18)25-19(15-5-7-16(21)8-6-15)23-24-20(25)27-14-4-2-3-13-22/h5-12H,2-4,14H2,1H3. The fourth-order valence-electron chi connectivity index (χ4n) is 2.58. The minimum absolute atomic E-state index is 0.585. The third-order valence-corrected chi connectivity index (χ3v) is 5.25. The molecule has 5 nitrogen and oxygen atoms in total. The van der Waals surface area contributed by atoms with Gasteiger partial charge in [-0.05, 0) is 61.4 Å². The molecule has 0 atom stereocenters. The lowest BCUT2D eigenvalue weighted by Gasteiger charge is -2.11. The smallest absolute Gasteiger partial charge is 0.196 e. The molecule has 0 saturated heterocycles. The average molecular weight is 399 g/mol. The highest BCUT2D eigenvalue weighted by Gasteiger charge is 2.16. The number of unbranched alkanes of at least 4 members (excludes halogenated alkanes) is 2. The Morgan fingerprint density at radius 3 is 2.48 bits per heavy atom. The van der Waals surface area contributed by atoms with Gasteiger partial charge in [0.05, 0.1) is 13.2 Å². The van der Waals surface area contributed by atoms with Crippen LogP contribution in [0.3, 0.4) is 0 Å². The Bertz CT molecular complexity index is 917. The van der Waals surface area contributed by atoms with Crippen molar-refractivity contribution in [3.05, 3.63) is 53.6 Å². The lowest BCUT2D eigenvalue weighted by atomic mass is 10.2. The number of nitrogens with zero attached hydrogens (tertiary/aromatic N) is 4. The van der Waals surface area contributed by atoms with Crippen LogP contribution in [0.15, 0.2) is 53.7 Å². The fraction of sp³-hybridized carbons (Fsp3) is 0.250. The molecule has 0 unspecified atom stereocenters. The van der Waals surface area contributed by atoms with Crippen LogP contribution in [0.1, 0.15) is 19.3 Å². The van der Waals surface area contributed by atoms with Gasteiger partial charge in [0.25, 0.3) is 0 Å². The van der Waals surface area contributed by atoms with E-state index < -0.39 is 0 Å². The van der Waals surface area contributed by atoms with Crippen molar-refractivity contribution >= 4 is 23.4 Å². The predicted molar refractivity (Wildman–Crippen MR) is 109 cm³/mol. The van der Waals surface area contributed by atoms with Crippen LogP contribution >= 0.6 is 23.4 Å². The molecule has 0 aliphatic rings. The first kappa shape index (κ1) is 19.3. The number of benzene rings is 2. The van der Waals surface area contributed by atoms with Gasteiger partial charge in [-0.15, -0.1) is 10.2 Å². The van der Waals surface area contributed by atoms with E-state index in [1.54, 1.807) is 18.9 Å². The Morgan fingerprint density at radius 2 is 1.81 bits per heavy atom. The summed E-state index contributed by atoms with van der Waals surface area (Å²) in [5.74, 6) is 2.44. The molecule has 0 fully saturated rings. The molecule has 27 heavy (non-hydrogen) atoms. The van der Waals surface area contributed by atoms with Crippen LogP contribution in [0, 0.1) is 11.3 Å². The second-order valence-electron chi connectivity index (χ2n) is 5.81. The van der Waals surface area contributed by atoms with Crippen LogP contribution in [-0.2, 0) is 0 Å². The number of rotatable bonds is 8. The van der Waals surface area contributed by atoms with E-state index in [0.717, 1.165) is 46.6 Å². The molecule has 0 amide bonds. The van der Waals surface area contributed by atoms with Crippen LogP contribution in [0.25, 0.3) is 17.1 Å². The van der Waals surface area contributed by atoms with E-state index >= 15 is 0 Å². The van der Waals surface area contributed by atoms with Gasteiger partial charge in [0.2, 0.25) is 0 Å². The summed E-state index contributed by atoms with van der Waals surface area (Å²) in [4.78, 5) is 0. The van der Waals surface area contributed by atoms with E-state index in [2.05, 4.69) is 16.3 Å². The van der Waals surface area contributed by atoms with Crippen molar-refractivity contribution in [2.24, 2.45) is 0 Å². The van der Waals surface area contributed by atoms with Crippen LogP contribution in [0.2, 0.25) is 5.02 Å². The average Bonchev–Trinajstić information content (AvgIpc) is 3.12. The molecule has 0 N–H and O–H groups in total. The number of thioether (sulfide) groups is 1. The van der Waals surface area contributed by atoms with Gasteiger partial charge < -0.3 is 4.74 Å². The lowest BCUT2D eigenvalue weighted by Crippen LogP contribution is -2.00. The summed E-state index contributed by atoms with van der Waals surface area (Å²) in [5, 5.41) is 19.0. The Morgan fingerprint density at radius 1 is 1.07 bits per heavy atom. The Hall–Kier alpha value is -2.49. The van der Waals surface area contributed by atoms with Gasteiger partial charge in [0.1, 0.15) is 5.75 Å². The fourth-order valence-corrected chi connectivity index (χ4v) is 3.66. The molecule has 3 aromatic rings. The maximum Gasteiger partial charge on any atom is 0.196 e. The second kappa shape index (κ2) is 9.45. The maximum atomic E-state index is 8.66. The molecule has 7 heteroatoms. The molecule has 3 rings (SSSR count). The molecule has 0 spiro atoms. The molecule has 0 saturated carbocycles. The number of methoxy groups -OCH3 is 1. The van der Waals surface area contributed by atoms with E-state index in [1.165, 1.54) is 0 Å².